The van der Waals surface area contributed by atoms with E-state index < -0.39 is 0 Å². The second-order valence-corrected chi connectivity index (χ2v) is 12.8. The van der Waals surface area contributed by atoms with Crippen LogP contribution >= 0.6 is 0 Å². The van der Waals surface area contributed by atoms with E-state index >= 15 is 0 Å². The highest BCUT2D eigenvalue weighted by Crippen LogP contribution is 2.48. The number of hydrogen-bond acceptors (Lipinski definition) is 4. The van der Waals surface area contributed by atoms with Gasteiger partial charge in [0.1, 0.15) is 28.6 Å². The first-order chi connectivity index (χ1) is 25.3. The topological polar surface area (TPSA) is 48.3 Å². The molecule has 4 heterocycles. The number of pyridine rings is 1. The molecule has 0 aliphatic carbocycles. The van der Waals surface area contributed by atoms with Crippen molar-refractivity contribution < 1.29 is 9.47 Å². The van der Waals surface area contributed by atoms with Crippen molar-refractivity contribution in [1.29, 1.82) is 0 Å². The Morgan fingerprint density at radius 2 is 1.16 bits per heavy atom. The second kappa shape index (κ2) is 11.9. The maximum atomic E-state index is 6.97. The van der Waals surface area contributed by atoms with Gasteiger partial charge in [-0.2, -0.15) is 0 Å². The van der Waals surface area contributed by atoms with Gasteiger partial charge in [0, 0.05) is 62.7 Å². The minimum Gasteiger partial charge on any atom is -0.456 e. The molecule has 0 saturated heterocycles. The molecular formula is C46H31N3O2. The van der Waals surface area contributed by atoms with Crippen molar-refractivity contribution in [3.8, 4) is 62.1 Å². The Morgan fingerprint density at radius 1 is 0.529 bits per heavy atom. The molecule has 0 radical (unpaired) electrons. The molecule has 5 heteroatoms. The number of nitrogens with zero attached hydrogens (tertiary/aromatic N) is 2. The highest BCUT2D eigenvalue weighted by molar-refractivity contribution is 6.09. The third-order valence-electron chi connectivity index (χ3n) is 9.75. The van der Waals surface area contributed by atoms with Crippen LogP contribution in [0.15, 0.2) is 170 Å². The minimum atomic E-state index is 0.750. The van der Waals surface area contributed by atoms with Crippen LogP contribution in [0.1, 0.15) is 5.56 Å². The third-order valence-corrected chi connectivity index (χ3v) is 9.75. The Bertz CT molecular complexity index is 2700. The van der Waals surface area contributed by atoms with Gasteiger partial charge in [-0.25, -0.2) is 4.98 Å². The molecule has 0 spiro atoms. The first-order valence-electron chi connectivity index (χ1n) is 17.2. The zero-order valence-electron chi connectivity index (χ0n) is 27.6. The van der Waals surface area contributed by atoms with Gasteiger partial charge in [0.2, 0.25) is 0 Å². The number of allylic oxidation sites excluding steroid dienone is 2. The van der Waals surface area contributed by atoms with Gasteiger partial charge in [-0.1, -0.05) is 91.0 Å². The van der Waals surface area contributed by atoms with Gasteiger partial charge in [-0.15, -0.1) is 0 Å². The third kappa shape index (κ3) is 4.98. The van der Waals surface area contributed by atoms with Crippen LogP contribution in [-0.4, -0.2) is 16.1 Å². The van der Waals surface area contributed by atoms with E-state index in [0.29, 0.717) is 0 Å². The van der Waals surface area contributed by atoms with Gasteiger partial charge in [-0.05, 0) is 83.9 Å². The molecular weight excluding hydrogens is 627 g/mol. The fraction of sp³-hybridized carbons (Fsp3) is 0.0217. The van der Waals surface area contributed by atoms with E-state index in [1.807, 2.05) is 54.7 Å². The molecule has 242 valence electrons. The van der Waals surface area contributed by atoms with E-state index in [1.54, 1.807) is 0 Å². The smallest absolute Gasteiger partial charge is 0.145 e. The summed E-state index contributed by atoms with van der Waals surface area (Å²) >= 11 is 0. The lowest BCUT2D eigenvalue weighted by molar-refractivity contribution is 0.472. The summed E-state index contributed by atoms with van der Waals surface area (Å²) in [5.41, 5.74) is 11.2. The lowest BCUT2D eigenvalue weighted by atomic mass is 9.95. The van der Waals surface area contributed by atoms with Crippen molar-refractivity contribution in [2.75, 3.05) is 6.54 Å². The number of nitrogens with one attached hydrogen (secondary N) is 1. The number of aromatic nitrogens is 2. The summed E-state index contributed by atoms with van der Waals surface area (Å²) in [4.78, 5) is 4.81. The molecule has 6 aromatic carbocycles. The standard InChI is InChI=1S/C46H31N3O2/c1-2-11-33(12-3-1)49-41-27-30(19-22-34(41)39-15-10-26-48-46(39)49)31-20-23-37-38-24-21-32(40-16-8-9-25-47-40)29-45(38)51-43-18-7-5-14-36(43)35-13-4-6-17-42(35)50-44(37)28-31/h1-24,26-29,47H,25H2. The van der Waals surface area contributed by atoms with E-state index in [1.165, 1.54) is 0 Å². The number of benzene rings is 6. The summed E-state index contributed by atoms with van der Waals surface area (Å²) in [5.74, 6) is 3.05. The lowest BCUT2D eigenvalue weighted by Gasteiger charge is -2.22. The number of hydrogen-bond donors (Lipinski definition) is 1. The first-order valence-corrected chi connectivity index (χ1v) is 17.2. The van der Waals surface area contributed by atoms with Crippen LogP contribution in [0.4, 0.5) is 0 Å². The predicted molar refractivity (Wildman–Crippen MR) is 207 cm³/mol. The van der Waals surface area contributed by atoms with Gasteiger partial charge in [-0.3, -0.25) is 4.57 Å². The monoisotopic (exact) mass is 657 g/mol. The van der Waals surface area contributed by atoms with Crippen molar-refractivity contribution in [3.63, 3.8) is 0 Å². The van der Waals surface area contributed by atoms with Crippen LogP contribution in [0.25, 0.3) is 66.7 Å². The average Bonchev–Trinajstić information content (AvgIpc) is 3.53. The molecule has 0 amide bonds. The number of fused-ring (bicyclic) bond motifs is 9. The highest BCUT2D eigenvalue weighted by atomic mass is 16.5. The summed E-state index contributed by atoms with van der Waals surface area (Å²) in [5, 5.41) is 5.78. The lowest BCUT2D eigenvalue weighted by Crippen LogP contribution is -2.14. The Balaban J connectivity index is 1.18. The zero-order chi connectivity index (χ0) is 33.7. The summed E-state index contributed by atoms with van der Waals surface area (Å²) in [7, 11) is 0. The van der Waals surface area contributed by atoms with E-state index in [4.69, 9.17) is 14.5 Å². The summed E-state index contributed by atoms with van der Waals surface area (Å²) in [6.45, 7) is 0.789. The number of rotatable bonds is 3. The quantitative estimate of drug-likeness (QED) is 0.205. The van der Waals surface area contributed by atoms with Crippen molar-refractivity contribution in [1.82, 2.24) is 14.9 Å². The van der Waals surface area contributed by atoms with E-state index in [-0.39, 0.29) is 0 Å². The maximum absolute atomic E-state index is 6.97. The molecule has 0 atom stereocenters. The largest absolute Gasteiger partial charge is 0.456 e. The number of ether oxygens (including phenoxy) is 2. The normalized spacial score (nSPS) is 13.1. The molecule has 5 nitrogen and oxygen atoms in total. The molecule has 0 bridgehead atoms. The van der Waals surface area contributed by atoms with Crippen LogP contribution < -0.4 is 14.8 Å². The van der Waals surface area contributed by atoms with Gasteiger partial charge >= 0.3 is 0 Å². The molecule has 0 fully saturated rings. The molecule has 2 aliphatic rings. The van der Waals surface area contributed by atoms with E-state index in [0.717, 1.165) is 102 Å². The minimum absolute atomic E-state index is 0.750. The molecule has 0 saturated carbocycles. The SMILES string of the molecule is C1=CCNC(c2ccc3c(c2)Oc2ccccc2-c2ccccc2Oc2cc(-c4ccc5c6cccnc6n(-c6ccccc6)c5c4)ccc2-3)=C1. The van der Waals surface area contributed by atoms with Gasteiger partial charge in [0.15, 0.2) is 0 Å². The fourth-order valence-electron chi connectivity index (χ4n) is 7.32. The van der Waals surface area contributed by atoms with Crippen molar-refractivity contribution in [2.45, 2.75) is 0 Å². The zero-order valence-corrected chi connectivity index (χ0v) is 27.6. The highest BCUT2D eigenvalue weighted by Gasteiger charge is 2.22. The molecule has 2 aliphatic heterocycles. The van der Waals surface area contributed by atoms with Gasteiger partial charge in [0.05, 0.1) is 5.52 Å². The Labute approximate surface area is 295 Å². The Morgan fingerprint density at radius 3 is 1.88 bits per heavy atom. The Hall–Kier alpha value is -6.85. The molecule has 10 rings (SSSR count). The van der Waals surface area contributed by atoms with Crippen LogP contribution in [0.2, 0.25) is 0 Å². The van der Waals surface area contributed by atoms with Crippen LogP contribution in [0.3, 0.4) is 0 Å². The predicted octanol–water partition coefficient (Wildman–Crippen LogP) is 11.6. The number of para-hydroxylation sites is 3. The summed E-state index contributed by atoms with van der Waals surface area (Å²) in [6, 6.07) is 50.5. The summed E-state index contributed by atoms with van der Waals surface area (Å²) in [6.07, 6.45) is 8.15. The van der Waals surface area contributed by atoms with Crippen molar-refractivity contribution >= 4 is 27.6 Å². The van der Waals surface area contributed by atoms with Crippen molar-refractivity contribution in [3.05, 3.63) is 176 Å². The number of dihydropyridines is 1. The fourth-order valence-corrected chi connectivity index (χ4v) is 7.32. The molecule has 2 aromatic heterocycles. The first kappa shape index (κ1) is 29.1. The van der Waals surface area contributed by atoms with Gasteiger partial charge in [0.25, 0.3) is 0 Å². The second-order valence-electron chi connectivity index (χ2n) is 12.8. The van der Waals surface area contributed by atoms with E-state index in [2.05, 4.69) is 125 Å². The Kier molecular flexibility index (Phi) is 6.81. The molecule has 1 N–H and O–H groups in total. The van der Waals surface area contributed by atoms with E-state index in [9.17, 15) is 0 Å². The maximum Gasteiger partial charge on any atom is 0.145 e. The van der Waals surface area contributed by atoms with Crippen LogP contribution in [0, 0.1) is 0 Å². The van der Waals surface area contributed by atoms with Crippen LogP contribution in [0.5, 0.6) is 23.0 Å². The average molecular weight is 658 g/mol. The van der Waals surface area contributed by atoms with Crippen molar-refractivity contribution in [2.24, 2.45) is 0 Å². The summed E-state index contributed by atoms with van der Waals surface area (Å²) < 4.78 is 16.1. The molecule has 8 aromatic rings. The van der Waals surface area contributed by atoms with Crippen LogP contribution in [-0.2, 0) is 0 Å². The van der Waals surface area contributed by atoms with Gasteiger partial charge < -0.3 is 14.8 Å². The molecule has 0 unspecified atom stereocenters. The molecule has 51 heavy (non-hydrogen) atoms.